The van der Waals surface area contributed by atoms with Crippen LogP contribution in [0.15, 0.2) is 83.8 Å². The van der Waals surface area contributed by atoms with E-state index >= 15 is 0 Å². The quantitative estimate of drug-likeness (QED) is 0.372. The average Bonchev–Trinajstić information content (AvgIpc) is 2.93. The largest absolute Gasteiger partial charge is 0.493 e. The van der Waals surface area contributed by atoms with Crippen LogP contribution in [0, 0.1) is 0 Å². The van der Waals surface area contributed by atoms with Crippen LogP contribution in [0.5, 0.6) is 11.5 Å². The summed E-state index contributed by atoms with van der Waals surface area (Å²) in [7, 11) is -1.37. The summed E-state index contributed by atoms with van der Waals surface area (Å²) in [6.07, 6.45) is 0. The molecule has 0 aromatic heterocycles. The van der Waals surface area contributed by atoms with Crippen LogP contribution in [-0.4, -0.2) is 57.5 Å². The standard InChI is InChI=1S/C30H37N3O6S/c1-22(29(35)31-30(2,3)4)32(20-23-13-9-7-10-14-23)28(34)21-33(24-15-11-8-12-16-24)40(36,37)25-17-18-26(38-5)27(19-25)39-6/h7-19,22H,20-21H2,1-6H3,(H,31,35). The Hall–Kier alpha value is -4.05. The van der Waals surface area contributed by atoms with Gasteiger partial charge in [-0.3, -0.25) is 13.9 Å². The summed E-state index contributed by atoms with van der Waals surface area (Å²) in [4.78, 5) is 28.4. The zero-order valence-corrected chi connectivity index (χ0v) is 24.6. The van der Waals surface area contributed by atoms with Crippen LogP contribution >= 0.6 is 0 Å². The molecule has 0 fully saturated rings. The lowest BCUT2D eigenvalue weighted by Gasteiger charge is -2.33. The lowest BCUT2D eigenvalue weighted by Crippen LogP contribution is -2.54. The van der Waals surface area contributed by atoms with E-state index < -0.39 is 34.1 Å². The first-order chi connectivity index (χ1) is 18.9. The molecule has 0 saturated heterocycles. The summed E-state index contributed by atoms with van der Waals surface area (Å²) in [5, 5.41) is 2.91. The molecule has 0 spiro atoms. The fourth-order valence-corrected chi connectivity index (χ4v) is 5.49. The predicted molar refractivity (Wildman–Crippen MR) is 155 cm³/mol. The van der Waals surface area contributed by atoms with Gasteiger partial charge in [0.05, 0.1) is 24.8 Å². The van der Waals surface area contributed by atoms with Gasteiger partial charge in [0.15, 0.2) is 11.5 Å². The molecule has 1 N–H and O–H groups in total. The predicted octanol–water partition coefficient (Wildman–Crippen LogP) is 4.23. The van der Waals surface area contributed by atoms with Gasteiger partial charge in [0, 0.05) is 18.2 Å². The van der Waals surface area contributed by atoms with Crippen molar-refractivity contribution in [2.75, 3.05) is 25.1 Å². The SMILES string of the molecule is COc1ccc(S(=O)(=O)N(CC(=O)N(Cc2ccccc2)C(C)C(=O)NC(C)(C)C)c2ccccc2)cc1OC. The van der Waals surface area contributed by atoms with E-state index in [4.69, 9.17) is 9.47 Å². The Bertz CT molecular complexity index is 1410. The third kappa shape index (κ3) is 7.53. The second-order valence-corrected chi connectivity index (χ2v) is 12.1. The van der Waals surface area contributed by atoms with Gasteiger partial charge in [-0.2, -0.15) is 0 Å². The van der Waals surface area contributed by atoms with Crippen LogP contribution in [0.25, 0.3) is 0 Å². The van der Waals surface area contributed by atoms with Crippen molar-refractivity contribution in [2.24, 2.45) is 0 Å². The molecule has 0 aliphatic rings. The number of carbonyl (C=O) groups excluding carboxylic acids is 2. The Morgan fingerprint density at radius 3 is 2.00 bits per heavy atom. The first-order valence-corrected chi connectivity index (χ1v) is 14.3. The number of methoxy groups -OCH3 is 2. The van der Waals surface area contributed by atoms with E-state index in [-0.39, 0.29) is 23.1 Å². The summed E-state index contributed by atoms with van der Waals surface area (Å²) < 4.78 is 39.6. The molecule has 1 unspecified atom stereocenters. The van der Waals surface area contributed by atoms with Crippen LogP contribution in [0.3, 0.4) is 0 Å². The van der Waals surface area contributed by atoms with Gasteiger partial charge in [-0.15, -0.1) is 0 Å². The summed E-state index contributed by atoms with van der Waals surface area (Å²) in [6, 6.07) is 21.0. The molecule has 10 heteroatoms. The monoisotopic (exact) mass is 567 g/mol. The molecule has 9 nitrogen and oxygen atoms in total. The number of hydrogen-bond acceptors (Lipinski definition) is 6. The van der Waals surface area contributed by atoms with E-state index in [1.165, 1.54) is 37.3 Å². The van der Waals surface area contributed by atoms with Crippen molar-refractivity contribution in [1.82, 2.24) is 10.2 Å². The van der Waals surface area contributed by atoms with Gasteiger partial charge in [0.1, 0.15) is 12.6 Å². The Morgan fingerprint density at radius 1 is 0.875 bits per heavy atom. The lowest BCUT2D eigenvalue weighted by molar-refractivity contribution is -0.140. The normalized spacial score (nSPS) is 12.2. The minimum Gasteiger partial charge on any atom is -0.493 e. The highest BCUT2D eigenvalue weighted by Crippen LogP contribution is 2.32. The molecule has 3 aromatic carbocycles. The van der Waals surface area contributed by atoms with Crippen molar-refractivity contribution >= 4 is 27.5 Å². The number of rotatable bonds is 11. The number of amides is 2. The molecular weight excluding hydrogens is 530 g/mol. The maximum absolute atomic E-state index is 14.0. The molecule has 0 saturated carbocycles. The Labute approximate surface area is 236 Å². The number of hydrogen-bond donors (Lipinski definition) is 1. The molecule has 0 aliphatic heterocycles. The Kier molecular flexibility index (Phi) is 9.81. The van der Waals surface area contributed by atoms with Crippen molar-refractivity contribution in [2.45, 2.75) is 50.7 Å². The van der Waals surface area contributed by atoms with Crippen LogP contribution in [-0.2, 0) is 26.2 Å². The van der Waals surface area contributed by atoms with Crippen molar-refractivity contribution in [1.29, 1.82) is 0 Å². The van der Waals surface area contributed by atoms with E-state index in [1.807, 2.05) is 51.1 Å². The highest BCUT2D eigenvalue weighted by Gasteiger charge is 2.33. The third-order valence-electron chi connectivity index (χ3n) is 6.13. The number of nitrogens with zero attached hydrogens (tertiary/aromatic N) is 2. The first-order valence-electron chi connectivity index (χ1n) is 12.8. The lowest BCUT2D eigenvalue weighted by atomic mass is 10.1. The van der Waals surface area contributed by atoms with Crippen molar-refractivity contribution in [3.05, 3.63) is 84.4 Å². The number of nitrogens with one attached hydrogen (secondary N) is 1. The zero-order valence-electron chi connectivity index (χ0n) is 23.7. The molecule has 40 heavy (non-hydrogen) atoms. The topological polar surface area (TPSA) is 105 Å². The number of benzene rings is 3. The summed E-state index contributed by atoms with van der Waals surface area (Å²) in [5.74, 6) is -0.267. The molecular formula is C30H37N3O6S. The zero-order chi connectivity index (χ0) is 29.5. The van der Waals surface area contributed by atoms with Gasteiger partial charge in [0.25, 0.3) is 10.0 Å². The molecule has 3 rings (SSSR count). The molecule has 2 amide bonds. The second kappa shape index (κ2) is 12.9. The van der Waals surface area contributed by atoms with E-state index in [2.05, 4.69) is 5.32 Å². The second-order valence-electron chi connectivity index (χ2n) is 10.3. The molecule has 0 radical (unpaired) electrons. The van der Waals surface area contributed by atoms with Crippen molar-refractivity contribution < 1.29 is 27.5 Å². The van der Waals surface area contributed by atoms with E-state index in [9.17, 15) is 18.0 Å². The van der Waals surface area contributed by atoms with E-state index in [0.29, 0.717) is 11.4 Å². The van der Waals surface area contributed by atoms with E-state index in [1.54, 1.807) is 37.3 Å². The molecule has 0 bridgehead atoms. The summed E-state index contributed by atoms with van der Waals surface area (Å²) >= 11 is 0. The molecule has 3 aromatic rings. The minimum absolute atomic E-state index is 0.0741. The maximum atomic E-state index is 14.0. The first kappa shape index (κ1) is 30.5. The number of anilines is 1. The van der Waals surface area contributed by atoms with E-state index in [0.717, 1.165) is 9.87 Å². The number of carbonyl (C=O) groups is 2. The fraction of sp³-hybridized carbons (Fsp3) is 0.333. The van der Waals surface area contributed by atoms with Crippen LogP contribution in [0.4, 0.5) is 5.69 Å². The molecule has 214 valence electrons. The number of ether oxygens (including phenoxy) is 2. The fourth-order valence-electron chi connectivity index (χ4n) is 4.06. The Balaban J connectivity index is 2.04. The summed E-state index contributed by atoms with van der Waals surface area (Å²) in [5.41, 5.74) is 0.594. The number of sulfonamides is 1. The highest BCUT2D eigenvalue weighted by molar-refractivity contribution is 7.92. The highest BCUT2D eigenvalue weighted by atomic mass is 32.2. The number of para-hydroxylation sites is 1. The van der Waals surface area contributed by atoms with Crippen molar-refractivity contribution in [3.8, 4) is 11.5 Å². The third-order valence-corrected chi connectivity index (χ3v) is 7.90. The Morgan fingerprint density at radius 2 is 1.45 bits per heavy atom. The molecule has 0 heterocycles. The van der Waals surface area contributed by atoms with Crippen LogP contribution < -0.4 is 19.1 Å². The summed E-state index contributed by atoms with van der Waals surface area (Å²) in [6.45, 7) is 6.80. The average molecular weight is 568 g/mol. The maximum Gasteiger partial charge on any atom is 0.264 e. The van der Waals surface area contributed by atoms with Crippen molar-refractivity contribution in [3.63, 3.8) is 0 Å². The molecule has 0 aliphatic carbocycles. The van der Waals surface area contributed by atoms with Gasteiger partial charge >= 0.3 is 0 Å². The molecule has 1 atom stereocenters. The van der Waals surface area contributed by atoms with Gasteiger partial charge in [-0.05, 0) is 57.5 Å². The minimum atomic E-state index is -4.24. The smallest absolute Gasteiger partial charge is 0.264 e. The van der Waals surface area contributed by atoms with Crippen LogP contribution in [0.1, 0.15) is 33.3 Å². The van der Waals surface area contributed by atoms with Gasteiger partial charge in [0.2, 0.25) is 11.8 Å². The van der Waals surface area contributed by atoms with Crippen LogP contribution in [0.2, 0.25) is 0 Å². The van der Waals surface area contributed by atoms with Gasteiger partial charge < -0.3 is 19.7 Å². The van der Waals surface area contributed by atoms with Gasteiger partial charge in [-0.1, -0.05) is 48.5 Å². The van der Waals surface area contributed by atoms with Gasteiger partial charge in [-0.25, -0.2) is 8.42 Å².